The lowest BCUT2D eigenvalue weighted by atomic mass is 10.3. The van der Waals surface area contributed by atoms with Crippen LogP contribution in [0.4, 0.5) is 5.69 Å². The lowest BCUT2D eigenvalue weighted by Crippen LogP contribution is -2.12. The monoisotopic (exact) mass is 271 g/mol. The Morgan fingerprint density at radius 2 is 1.95 bits per heavy atom. The second-order valence-electron chi connectivity index (χ2n) is 4.05. The minimum absolute atomic E-state index is 0.244. The topological polar surface area (TPSA) is 46.4 Å². The molecule has 0 bridgehead atoms. The van der Waals surface area contributed by atoms with E-state index in [2.05, 4.69) is 10.3 Å². The Bertz CT molecular complexity index is 701. The van der Waals surface area contributed by atoms with Gasteiger partial charge in [-0.05, 0) is 36.4 Å². The van der Waals surface area contributed by atoms with Crippen molar-refractivity contribution in [2.75, 3.05) is 5.32 Å². The molecule has 0 unspecified atom stereocenters. The molecule has 0 saturated carbocycles. The maximum atomic E-state index is 12.0. The van der Waals surface area contributed by atoms with Gasteiger partial charge in [-0.15, -0.1) is 0 Å². The number of carbonyl (C=O) groups excluding carboxylic acids is 1. The van der Waals surface area contributed by atoms with E-state index in [1.165, 1.54) is 0 Å². The summed E-state index contributed by atoms with van der Waals surface area (Å²) in [5.41, 5.74) is 1.80. The van der Waals surface area contributed by atoms with Gasteiger partial charge in [0.15, 0.2) is 0 Å². The standard InChI is InChI=1S/C14H10ClN3O/c15-10-4-6-11(7-5-10)16-14(19)12-9-18-8-2-1-3-13(18)17-12/h1-9H,(H,16,19). The molecule has 0 aliphatic heterocycles. The Morgan fingerprint density at radius 3 is 2.68 bits per heavy atom. The van der Waals surface area contributed by atoms with Gasteiger partial charge in [0.1, 0.15) is 11.3 Å². The highest BCUT2D eigenvalue weighted by Gasteiger charge is 2.10. The largest absolute Gasteiger partial charge is 0.321 e. The number of halogens is 1. The summed E-state index contributed by atoms with van der Waals surface area (Å²) < 4.78 is 1.80. The van der Waals surface area contributed by atoms with Crippen molar-refractivity contribution in [3.63, 3.8) is 0 Å². The average Bonchev–Trinajstić information content (AvgIpc) is 2.85. The van der Waals surface area contributed by atoms with Gasteiger partial charge in [0.05, 0.1) is 0 Å². The number of aromatic nitrogens is 2. The molecule has 2 heterocycles. The van der Waals surface area contributed by atoms with Crippen LogP contribution in [-0.4, -0.2) is 15.3 Å². The summed E-state index contributed by atoms with van der Waals surface area (Å²) in [6.07, 6.45) is 3.54. The van der Waals surface area contributed by atoms with Gasteiger partial charge in [0.25, 0.3) is 5.91 Å². The lowest BCUT2D eigenvalue weighted by Gasteiger charge is -2.02. The number of amides is 1. The number of carbonyl (C=O) groups is 1. The zero-order valence-corrected chi connectivity index (χ0v) is 10.6. The maximum Gasteiger partial charge on any atom is 0.275 e. The lowest BCUT2D eigenvalue weighted by molar-refractivity contribution is 0.102. The van der Waals surface area contributed by atoms with Gasteiger partial charge in [-0.1, -0.05) is 17.7 Å². The number of nitrogens with zero attached hydrogens (tertiary/aromatic N) is 2. The second-order valence-corrected chi connectivity index (χ2v) is 4.49. The van der Waals surface area contributed by atoms with Crippen LogP contribution in [0.25, 0.3) is 5.65 Å². The summed E-state index contributed by atoms with van der Waals surface area (Å²) in [5.74, 6) is -0.244. The summed E-state index contributed by atoms with van der Waals surface area (Å²) >= 11 is 5.79. The summed E-state index contributed by atoms with van der Waals surface area (Å²) in [6.45, 7) is 0. The fourth-order valence-corrected chi connectivity index (χ4v) is 1.90. The number of nitrogens with one attached hydrogen (secondary N) is 1. The molecule has 5 heteroatoms. The Morgan fingerprint density at radius 1 is 1.16 bits per heavy atom. The molecule has 0 aliphatic rings. The van der Waals surface area contributed by atoms with Crippen LogP contribution in [0, 0.1) is 0 Å². The molecule has 3 aromatic rings. The van der Waals surface area contributed by atoms with E-state index in [1.807, 2.05) is 24.4 Å². The minimum Gasteiger partial charge on any atom is -0.321 e. The van der Waals surface area contributed by atoms with E-state index in [0.29, 0.717) is 16.4 Å². The average molecular weight is 272 g/mol. The van der Waals surface area contributed by atoms with Gasteiger partial charge < -0.3 is 9.72 Å². The highest BCUT2D eigenvalue weighted by Crippen LogP contribution is 2.14. The smallest absolute Gasteiger partial charge is 0.275 e. The summed E-state index contributed by atoms with van der Waals surface area (Å²) in [6, 6.07) is 12.5. The van der Waals surface area contributed by atoms with Crippen molar-refractivity contribution >= 4 is 28.8 Å². The van der Waals surface area contributed by atoms with Gasteiger partial charge in [0.2, 0.25) is 0 Å². The number of anilines is 1. The minimum atomic E-state index is -0.244. The number of hydrogen-bond acceptors (Lipinski definition) is 2. The highest BCUT2D eigenvalue weighted by molar-refractivity contribution is 6.30. The number of pyridine rings is 1. The predicted molar refractivity (Wildman–Crippen MR) is 74.6 cm³/mol. The Hall–Kier alpha value is -2.33. The van der Waals surface area contributed by atoms with E-state index in [-0.39, 0.29) is 5.91 Å². The molecular formula is C14H10ClN3O. The number of rotatable bonds is 2. The van der Waals surface area contributed by atoms with E-state index in [1.54, 1.807) is 34.9 Å². The van der Waals surface area contributed by atoms with Gasteiger partial charge >= 0.3 is 0 Å². The third-order valence-corrected chi connectivity index (χ3v) is 2.95. The molecule has 0 radical (unpaired) electrons. The fourth-order valence-electron chi connectivity index (χ4n) is 1.77. The van der Waals surface area contributed by atoms with Crippen LogP contribution in [-0.2, 0) is 0 Å². The van der Waals surface area contributed by atoms with Crippen LogP contribution in [0.5, 0.6) is 0 Å². The van der Waals surface area contributed by atoms with Crippen molar-refractivity contribution in [2.24, 2.45) is 0 Å². The molecule has 1 N–H and O–H groups in total. The van der Waals surface area contributed by atoms with Crippen molar-refractivity contribution < 1.29 is 4.79 Å². The van der Waals surface area contributed by atoms with Gasteiger partial charge in [-0.25, -0.2) is 4.98 Å². The third-order valence-electron chi connectivity index (χ3n) is 2.70. The Labute approximate surface area is 114 Å². The van der Waals surface area contributed by atoms with Crippen molar-refractivity contribution in [1.82, 2.24) is 9.38 Å². The first-order valence-corrected chi connectivity index (χ1v) is 6.11. The van der Waals surface area contributed by atoms with E-state index in [9.17, 15) is 4.79 Å². The molecule has 0 spiro atoms. The molecule has 4 nitrogen and oxygen atoms in total. The van der Waals surface area contributed by atoms with Gasteiger partial charge in [-0.2, -0.15) is 0 Å². The quantitative estimate of drug-likeness (QED) is 0.778. The molecule has 94 valence electrons. The summed E-state index contributed by atoms with van der Waals surface area (Å²) in [5, 5.41) is 3.40. The van der Waals surface area contributed by atoms with E-state index >= 15 is 0 Å². The number of imidazole rings is 1. The van der Waals surface area contributed by atoms with E-state index in [4.69, 9.17) is 11.6 Å². The number of fused-ring (bicyclic) bond motifs is 1. The molecule has 0 atom stereocenters. The molecule has 0 saturated heterocycles. The Kier molecular flexibility index (Phi) is 2.93. The van der Waals surface area contributed by atoms with Crippen molar-refractivity contribution in [1.29, 1.82) is 0 Å². The number of hydrogen-bond donors (Lipinski definition) is 1. The Balaban J connectivity index is 1.85. The molecule has 3 rings (SSSR count). The molecule has 0 fully saturated rings. The molecule has 2 aromatic heterocycles. The van der Waals surface area contributed by atoms with Crippen LogP contribution in [0.3, 0.4) is 0 Å². The van der Waals surface area contributed by atoms with Gasteiger partial charge in [0, 0.05) is 23.1 Å². The highest BCUT2D eigenvalue weighted by atomic mass is 35.5. The normalized spacial score (nSPS) is 10.6. The van der Waals surface area contributed by atoms with Crippen molar-refractivity contribution in [3.8, 4) is 0 Å². The van der Waals surface area contributed by atoms with E-state index in [0.717, 1.165) is 5.65 Å². The maximum absolute atomic E-state index is 12.0. The third kappa shape index (κ3) is 2.44. The van der Waals surface area contributed by atoms with Gasteiger partial charge in [-0.3, -0.25) is 4.79 Å². The summed E-state index contributed by atoms with van der Waals surface area (Å²) in [7, 11) is 0. The van der Waals surface area contributed by atoms with Crippen LogP contribution in [0.2, 0.25) is 5.02 Å². The van der Waals surface area contributed by atoms with Crippen molar-refractivity contribution in [3.05, 3.63) is 65.6 Å². The van der Waals surface area contributed by atoms with Crippen LogP contribution < -0.4 is 5.32 Å². The molecular weight excluding hydrogens is 262 g/mol. The first kappa shape index (κ1) is 11.7. The number of benzene rings is 1. The molecule has 19 heavy (non-hydrogen) atoms. The first-order valence-electron chi connectivity index (χ1n) is 5.73. The van der Waals surface area contributed by atoms with Crippen molar-refractivity contribution in [2.45, 2.75) is 0 Å². The van der Waals surface area contributed by atoms with Crippen LogP contribution >= 0.6 is 11.6 Å². The van der Waals surface area contributed by atoms with Crippen LogP contribution in [0.15, 0.2) is 54.9 Å². The van der Waals surface area contributed by atoms with E-state index < -0.39 is 0 Å². The zero-order valence-electron chi connectivity index (χ0n) is 9.88. The second kappa shape index (κ2) is 4.74. The summed E-state index contributed by atoms with van der Waals surface area (Å²) in [4.78, 5) is 16.3. The fraction of sp³-hybridized carbons (Fsp3) is 0. The predicted octanol–water partition coefficient (Wildman–Crippen LogP) is 3.24. The van der Waals surface area contributed by atoms with Crippen LogP contribution in [0.1, 0.15) is 10.5 Å². The first-order chi connectivity index (χ1) is 9.22. The zero-order chi connectivity index (χ0) is 13.2. The molecule has 0 aliphatic carbocycles. The molecule has 1 amide bonds. The molecule has 1 aromatic carbocycles. The SMILES string of the molecule is O=C(Nc1ccc(Cl)cc1)c1cn2ccccc2n1.